The Labute approximate surface area is 76.1 Å². The van der Waals surface area contributed by atoms with Gasteiger partial charge in [0.15, 0.2) is 0 Å². The second-order valence-corrected chi connectivity index (χ2v) is 2.52. The minimum Gasteiger partial charge on any atom is -0.507 e. The van der Waals surface area contributed by atoms with Crippen molar-refractivity contribution in [3.8, 4) is 5.75 Å². The van der Waals surface area contributed by atoms with Crippen LogP contribution in [0.25, 0.3) is 0 Å². The lowest BCUT2D eigenvalue weighted by Crippen LogP contribution is -1.81. The average molecular weight is 184 g/mol. The van der Waals surface area contributed by atoms with Gasteiger partial charge in [-0.1, -0.05) is 18.2 Å². The van der Waals surface area contributed by atoms with E-state index in [1.54, 1.807) is 0 Å². The minimum absolute atomic E-state index is 0.414. The lowest BCUT2D eigenvalue weighted by Gasteiger charge is -1.99. The van der Waals surface area contributed by atoms with Crippen molar-refractivity contribution in [3.05, 3.63) is 29.3 Å². The van der Waals surface area contributed by atoms with Crippen molar-refractivity contribution in [1.82, 2.24) is 0 Å². The maximum atomic E-state index is 9.21. The summed E-state index contributed by atoms with van der Waals surface area (Å²) in [5.41, 5.74) is 1.88. The van der Waals surface area contributed by atoms with Gasteiger partial charge in [0.05, 0.1) is 0 Å². The predicted molar refractivity (Wildman–Crippen MR) is 48.2 cm³/mol. The molecule has 0 bridgehead atoms. The van der Waals surface area contributed by atoms with E-state index in [1.807, 2.05) is 32.0 Å². The van der Waals surface area contributed by atoms with Crippen LogP contribution in [0.5, 0.6) is 5.75 Å². The van der Waals surface area contributed by atoms with Crippen molar-refractivity contribution in [2.75, 3.05) is 0 Å². The van der Waals surface area contributed by atoms with E-state index in [4.69, 9.17) is 15.0 Å². The van der Waals surface area contributed by atoms with Crippen LogP contribution in [0.2, 0.25) is 0 Å². The number of hydrogen-bond acceptors (Lipinski definition) is 2. The second kappa shape index (κ2) is 5.03. The number of carbonyl (C=O) groups is 1. The third-order valence-corrected chi connectivity index (χ3v) is 1.44. The summed E-state index contributed by atoms with van der Waals surface area (Å²) < 4.78 is 0. The summed E-state index contributed by atoms with van der Waals surface area (Å²) in [6, 6.07) is 5.72. The number of hydrogen-bond donors (Lipinski definition) is 3. The molecule has 0 saturated carbocycles. The quantitative estimate of drug-likeness (QED) is 0.577. The first-order chi connectivity index (χ1) is 5.95. The summed E-state index contributed by atoms with van der Waals surface area (Å²) in [5, 5.41) is 23.2. The Balaban J connectivity index is 0.000000310. The van der Waals surface area contributed by atoms with Gasteiger partial charge in [-0.2, -0.15) is 0 Å². The number of carboxylic acid groups (broad SMARTS) is 2. The van der Waals surface area contributed by atoms with Crippen molar-refractivity contribution in [1.29, 1.82) is 0 Å². The fourth-order valence-electron chi connectivity index (χ4n) is 0.806. The topological polar surface area (TPSA) is 77.8 Å². The summed E-state index contributed by atoms with van der Waals surface area (Å²) in [6.07, 6.45) is -1.83. The average Bonchev–Trinajstić information content (AvgIpc) is 1.99. The van der Waals surface area contributed by atoms with E-state index < -0.39 is 6.16 Å². The number of phenols is 1. The molecule has 0 aliphatic carbocycles. The number of benzene rings is 1. The first-order valence-electron chi connectivity index (χ1n) is 3.62. The van der Waals surface area contributed by atoms with Gasteiger partial charge in [-0.05, 0) is 25.0 Å². The lowest BCUT2D eigenvalue weighted by atomic mass is 10.1. The summed E-state index contributed by atoms with van der Waals surface area (Å²) >= 11 is 0. The van der Waals surface area contributed by atoms with Crippen molar-refractivity contribution in [3.63, 3.8) is 0 Å². The molecule has 0 atom stereocenters. The monoisotopic (exact) mass is 184 g/mol. The molecule has 72 valence electrons. The number of aryl methyl sites for hydroxylation is 2. The molecule has 0 aliphatic heterocycles. The van der Waals surface area contributed by atoms with E-state index in [9.17, 15) is 5.11 Å². The molecule has 0 heterocycles. The lowest BCUT2D eigenvalue weighted by molar-refractivity contribution is 0.137. The first kappa shape index (κ1) is 11.3. The van der Waals surface area contributed by atoms with Gasteiger partial charge in [-0.25, -0.2) is 4.79 Å². The molecule has 0 aliphatic rings. The maximum absolute atomic E-state index is 9.21. The molecule has 1 aromatic carbocycles. The molecule has 0 radical (unpaired) electrons. The van der Waals surface area contributed by atoms with Crippen LogP contribution in [-0.4, -0.2) is 21.5 Å². The highest BCUT2D eigenvalue weighted by atomic mass is 16.6. The van der Waals surface area contributed by atoms with E-state index in [2.05, 4.69) is 0 Å². The normalized spacial score (nSPS) is 8.46. The van der Waals surface area contributed by atoms with Crippen molar-refractivity contribution in [2.45, 2.75) is 13.8 Å². The van der Waals surface area contributed by atoms with Crippen molar-refractivity contribution < 1.29 is 20.1 Å². The largest absolute Gasteiger partial charge is 0.507 e. The van der Waals surface area contributed by atoms with E-state index in [0.29, 0.717) is 5.75 Å². The van der Waals surface area contributed by atoms with Crippen LogP contribution < -0.4 is 0 Å². The highest BCUT2D eigenvalue weighted by Crippen LogP contribution is 2.19. The molecule has 0 saturated heterocycles. The van der Waals surface area contributed by atoms with Gasteiger partial charge in [-0.3, -0.25) is 0 Å². The van der Waals surface area contributed by atoms with Crippen LogP contribution in [0.3, 0.4) is 0 Å². The van der Waals surface area contributed by atoms with Crippen LogP contribution in [0, 0.1) is 13.8 Å². The third kappa shape index (κ3) is 4.68. The van der Waals surface area contributed by atoms with E-state index in [1.165, 1.54) is 0 Å². The zero-order valence-electron chi connectivity index (χ0n) is 7.48. The zero-order valence-corrected chi connectivity index (χ0v) is 7.48. The molecule has 0 aromatic heterocycles. The van der Waals surface area contributed by atoms with Crippen LogP contribution >= 0.6 is 0 Å². The Morgan fingerprint density at radius 3 is 1.69 bits per heavy atom. The van der Waals surface area contributed by atoms with E-state index >= 15 is 0 Å². The molecular formula is C9H12O4. The minimum atomic E-state index is -1.83. The molecule has 3 N–H and O–H groups in total. The predicted octanol–water partition coefficient (Wildman–Crippen LogP) is 2.23. The first-order valence-corrected chi connectivity index (χ1v) is 3.62. The van der Waals surface area contributed by atoms with Gasteiger partial charge in [0.25, 0.3) is 0 Å². The number of rotatable bonds is 0. The SMILES string of the molecule is Cc1cccc(C)c1O.O=C(O)O. The Morgan fingerprint density at radius 2 is 1.46 bits per heavy atom. The van der Waals surface area contributed by atoms with E-state index in [-0.39, 0.29) is 0 Å². The summed E-state index contributed by atoms with van der Waals surface area (Å²) in [5.74, 6) is 0.414. The molecular weight excluding hydrogens is 172 g/mol. The Bertz CT molecular complexity index is 269. The van der Waals surface area contributed by atoms with Crippen LogP contribution in [0.4, 0.5) is 4.79 Å². The number of para-hydroxylation sites is 1. The molecule has 1 rings (SSSR count). The van der Waals surface area contributed by atoms with Crippen molar-refractivity contribution in [2.24, 2.45) is 0 Å². The third-order valence-electron chi connectivity index (χ3n) is 1.44. The molecule has 0 fully saturated rings. The van der Waals surface area contributed by atoms with Gasteiger partial charge in [0, 0.05) is 0 Å². The zero-order chi connectivity index (χ0) is 10.4. The maximum Gasteiger partial charge on any atom is 0.503 e. The molecule has 4 nitrogen and oxygen atoms in total. The van der Waals surface area contributed by atoms with Crippen molar-refractivity contribution >= 4 is 6.16 Å². The molecule has 0 unspecified atom stereocenters. The molecule has 0 spiro atoms. The van der Waals surface area contributed by atoms with Gasteiger partial charge in [0.1, 0.15) is 5.75 Å². The summed E-state index contributed by atoms with van der Waals surface area (Å²) in [7, 11) is 0. The Kier molecular flexibility index (Phi) is 4.37. The highest BCUT2D eigenvalue weighted by Gasteiger charge is 1.95. The van der Waals surface area contributed by atoms with Crippen LogP contribution in [0.15, 0.2) is 18.2 Å². The van der Waals surface area contributed by atoms with Crippen LogP contribution in [-0.2, 0) is 0 Å². The standard InChI is InChI=1S/C8H10O.CH2O3/c1-6-4-3-5-7(2)8(6)9;2-1(3)4/h3-5,9H,1-2H3;(H2,2,3,4). The molecule has 0 amide bonds. The van der Waals surface area contributed by atoms with Gasteiger partial charge < -0.3 is 15.3 Å². The Hall–Kier alpha value is -1.71. The van der Waals surface area contributed by atoms with Gasteiger partial charge in [0.2, 0.25) is 0 Å². The molecule has 13 heavy (non-hydrogen) atoms. The fraction of sp³-hybridized carbons (Fsp3) is 0.222. The number of aromatic hydroxyl groups is 1. The second-order valence-electron chi connectivity index (χ2n) is 2.52. The fourth-order valence-corrected chi connectivity index (χ4v) is 0.806. The van der Waals surface area contributed by atoms with Gasteiger partial charge >= 0.3 is 6.16 Å². The number of phenolic OH excluding ortho intramolecular Hbond substituents is 1. The van der Waals surface area contributed by atoms with Crippen LogP contribution in [0.1, 0.15) is 11.1 Å². The van der Waals surface area contributed by atoms with Gasteiger partial charge in [-0.15, -0.1) is 0 Å². The van der Waals surface area contributed by atoms with E-state index in [0.717, 1.165) is 11.1 Å². The highest BCUT2D eigenvalue weighted by molar-refractivity contribution is 5.53. The summed E-state index contributed by atoms with van der Waals surface area (Å²) in [4.78, 5) is 8.56. The smallest absolute Gasteiger partial charge is 0.503 e. The molecule has 1 aromatic rings. The molecule has 4 heteroatoms. The summed E-state index contributed by atoms with van der Waals surface area (Å²) in [6.45, 7) is 3.78. The Morgan fingerprint density at radius 1 is 1.15 bits per heavy atom.